The summed E-state index contributed by atoms with van der Waals surface area (Å²) in [6.07, 6.45) is 1.78. The molecule has 0 saturated heterocycles. The lowest BCUT2D eigenvalue weighted by molar-refractivity contribution is -0.150. The molecule has 3 heteroatoms. The van der Waals surface area contributed by atoms with Gasteiger partial charge in [0, 0.05) is 0 Å². The third-order valence-electron chi connectivity index (χ3n) is 1.63. The summed E-state index contributed by atoms with van der Waals surface area (Å²) in [5.41, 5.74) is 0.850. The normalized spacial score (nSPS) is 12.5. The van der Waals surface area contributed by atoms with Crippen molar-refractivity contribution in [2.24, 2.45) is 0 Å². The van der Waals surface area contributed by atoms with Crippen LogP contribution in [0.1, 0.15) is 33.1 Å². The monoisotopic (exact) mass is 186 g/mol. The number of carboxylic acids is 1. The van der Waals surface area contributed by atoms with Crippen molar-refractivity contribution >= 4 is 5.97 Å². The van der Waals surface area contributed by atoms with Gasteiger partial charge in [-0.05, 0) is 13.3 Å². The van der Waals surface area contributed by atoms with Gasteiger partial charge in [0.25, 0.3) is 0 Å². The van der Waals surface area contributed by atoms with E-state index in [1.54, 1.807) is 0 Å². The second-order valence-electron chi connectivity index (χ2n) is 3.24. The number of carbonyl (C=O) groups is 1. The van der Waals surface area contributed by atoms with E-state index in [1.165, 1.54) is 0 Å². The Morgan fingerprint density at radius 1 is 1.62 bits per heavy atom. The van der Waals surface area contributed by atoms with Gasteiger partial charge in [0.05, 0.1) is 6.61 Å². The standard InChI is InChI=1S/C10H18O3/c1-4-5-6-9(10(11)12)13-7-8(2)3/h9H,2,4-7H2,1,3H3,(H,11,12). The van der Waals surface area contributed by atoms with Crippen LogP contribution < -0.4 is 0 Å². The number of rotatable bonds is 7. The quantitative estimate of drug-likeness (QED) is 0.620. The number of unbranched alkanes of at least 4 members (excludes halogenated alkanes) is 1. The van der Waals surface area contributed by atoms with Crippen molar-refractivity contribution in [3.8, 4) is 0 Å². The first-order valence-electron chi connectivity index (χ1n) is 4.56. The highest BCUT2D eigenvalue weighted by Crippen LogP contribution is 2.06. The van der Waals surface area contributed by atoms with E-state index in [0.717, 1.165) is 18.4 Å². The third kappa shape index (κ3) is 6.34. The fourth-order valence-electron chi connectivity index (χ4n) is 0.910. The van der Waals surface area contributed by atoms with Crippen molar-refractivity contribution in [2.45, 2.75) is 39.2 Å². The fourth-order valence-corrected chi connectivity index (χ4v) is 0.910. The molecule has 0 aliphatic rings. The van der Waals surface area contributed by atoms with Crippen LogP contribution in [-0.4, -0.2) is 23.8 Å². The van der Waals surface area contributed by atoms with Crippen molar-refractivity contribution in [1.29, 1.82) is 0 Å². The number of hydrogen-bond acceptors (Lipinski definition) is 2. The van der Waals surface area contributed by atoms with Gasteiger partial charge >= 0.3 is 5.97 Å². The summed E-state index contributed by atoms with van der Waals surface area (Å²) in [6, 6.07) is 0. The van der Waals surface area contributed by atoms with Crippen LogP contribution in [0.4, 0.5) is 0 Å². The van der Waals surface area contributed by atoms with Crippen LogP contribution >= 0.6 is 0 Å². The van der Waals surface area contributed by atoms with Gasteiger partial charge in [0.2, 0.25) is 0 Å². The zero-order chi connectivity index (χ0) is 10.3. The Morgan fingerprint density at radius 2 is 2.23 bits per heavy atom. The Hall–Kier alpha value is -0.830. The summed E-state index contributed by atoms with van der Waals surface area (Å²) in [7, 11) is 0. The SMILES string of the molecule is C=C(C)COC(CCCC)C(=O)O. The smallest absolute Gasteiger partial charge is 0.332 e. The summed E-state index contributed by atoms with van der Waals surface area (Å²) in [5, 5.41) is 8.76. The second kappa shape index (κ2) is 6.66. The Balaban J connectivity index is 3.80. The minimum atomic E-state index is -0.880. The molecule has 0 aliphatic carbocycles. The molecule has 0 aliphatic heterocycles. The first-order chi connectivity index (χ1) is 6.07. The van der Waals surface area contributed by atoms with Crippen molar-refractivity contribution in [3.05, 3.63) is 12.2 Å². The molecule has 0 saturated carbocycles. The van der Waals surface area contributed by atoms with Crippen LogP contribution in [0.5, 0.6) is 0 Å². The van der Waals surface area contributed by atoms with E-state index < -0.39 is 12.1 Å². The molecule has 1 atom stereocenters. The Labute approximate surface area is 79.4 Å². The van der Waals surface area contributed by atoms with Crippen molar-refractivity contribution in [2.75, 3.05) is 6.61 Å². The van der Waals surface area contributed by atoms with Gasteiger partial charge in [0.1, 0.15) is 0 Å². The largest absolute Gasteiger partial charge is 0.479 e. The van der Waals surface area contributed by atoms with E-state index in [9.17, 15) is 4.79 Å². The molecule has 0 fully saturated rings. The third-order valence-corrected chi connectivity index (χ3v) is 1.63. The molecule has 0 radical (unpaired) electrons. The fraction of sp³-hybridized carbons (Fsp3) is 0.700. The zero-order valence-corrected chi connectivity index (χ0v) is 8.38. The van der Waals surface area contributed by atoms with Crippen LogP contribution in [0.2, 0.25) is 0 Å². The van der Waals surface area contributed by atoms with Gasteiger partial charge in [-0.1, -0.05) is 31.9 Å². The molecule has 76 valence electrons. The molecular weight excluding hydrogens is 168 g/mol. The van der Waals surface area contributed by atoms with Gasteiger partial charge in [-0.3, -0.25) is 0 Å². The molecule has 0 aromatic heterocycles. The maximum atomic E-state index is 10.7. The summed E-state index contributed by atoms with van der Waals surface area (Å²) in [4.78, 5) is 10.7. The molecule has 0 amide bonds. The first kappa shape index (κ1) is 12.2. The molecule has 0 spiro atoms. The topological polar surface area (TPSA) is 46.5 Å². The van der Waals surface area contributed by atoms with Crippen molar-refractivity contribution in [1.82, 2.24) is 0 Å². The van der Waals surface area contributed by atoms with Crippen LogP contribution in [-0.2, 0) is 9.53 Å². The molecule has 0 rings (SSSR count). The summed E-state index contributed by atoms with van der Waals surface area (Å²) >= 11 is 0. The molecule has 1 unspecified atom stereocenters. The van der Waals surface area contributed by atoms with Gasteiger partial charge in [-0.25, -0.2) is 4.79 Å². The first-order valence-corrected chi connectivity index (χ1v) is 4.56. The lowest BCUT2D eigenvalue weighted by atomic mass is 10.1. The van der Waals surface area contributed by atoms with Crippen LogP contribution in [0.3, 0.4) is 0 Å². The second-order valence-corrected chi connectivity index (χ2v) is 3.24. The van der Waals surface area contributed by atoms with Gasteiger partial charge < -0.3 is 9.84 Å². The van der Waals surface area contributed by atoms with Gasteiger partial charge in [-0.2, -0.15) is 0 Å². The van der Waals surface area contributed by atoms with Gasteiger partial charge in [-0.15, -0.1) is 0 Å². The van der Waals surface area contributed by atoms with Crippen LogP contribution in [0.25, 0.3) is 0 Å². The predicted octanol–water partition coefficient (Wildman–Crippen LogP) is 2.22. The van der Waals surface area contributed by atoms with Crippen molar-refractivity contribution in [3.63, 3.8) is 0 Å². The van der Waals surface area contributed by atoms with E-state index in [4.69, 9.17) is 9.84 Å². The van der Waals surface area contributed by atoms with Crippen molar-refractivity contribution < 1.29 is 14.6 Å². The number of hydrogen-bond donors (Lipinski definition) is 1. The minimum Gasteiger partial charge on any atom is -0.479 e. The Morgan fingerprint density at radius 3 is 2.62 bits per heavy atom. The summed E-state index contributed by atoms with van der Waals surface area (Å²) in [5.74, 6) is -0.880. The van der Waals surface area contributed by atoms with Crippen LogP contribution in [0, 0.1) is 0 Å². The maximum absolute atomic E-state index is 10.7. The molecule has 3 nitrogen and oxygen atoms in total. The maximum Gasteiger partial charge on any atom is 0.332 e. The summed E-state index contributed by atoms with van der Waals surface area (Å²) < 4.78 is 5.17. The molecule has 0 aromatic carbocycles. The van der Waals surface area contributed by atoms with Gasteiger partial charge in [0.15, 0.2) is 6.10 Å². The van der Waals surface area contributed by atoms with E-state index in [2.05, 4.69) is 6.58 Å². The zero-order valence-electron chi connectivity index (χ0n) is 8.38. The molecule has 13 heavy (non-hydrogen) atoms. The Kier molecular flexibility index (Phi) is 6.24. The van der Waals surface area contributed by atoms with E-state index >= 15 is 0 Å². The molecular formula is C10H18O3. The highest BCUT2D eigenvalue weighted by molar-refractivity contribution is 5.72. The molecule has 0 bridgehead atoms. The number of aliphatic carboxylic acids is 1. The lowest BCUT2D eigenvalue weighted by Crippen LogP contribution is -2.24. The van der Waals surface area contributed by atoms with E-state index in [0.29, 0.717) is 13.0 Å². The number of carboxylic acid groups (broad SMARTS) is 1. The average Bonchev–Trinajstić information content (AvgIpc) is 2.03. The summed E-state index contributed by atoms with van der Waals surface area (Å²) in [6.45, 7) is 7.83. The highest BCUT2D eigenvalue weighted by Gasteiger charge is 2.16. The van der Waals surface area contributed by atoms with Crippen LogP contribution in [0.15, 0.2) is 12.2 Å². The molecule has 1 N–H and O–H groups in total. The highest BCUT2D eigenvalue weighted by atomic mass is 16.5. The molecule has 0 aromatic rings. The average molecular weight is 186 g/mol. The van der Waals surface area contributed by atoms with E-state index in [-0.39, 0.29) is 0 Å². The molecule has 0 heterocycles. The lowest BCUT2D eigenvalue weighted by Gasteiger charge is -2.12. The minimum absolute atomic E-state index is 0.334. The number of ether oxygens (including phenoxy) is 1. The van der Waals surface area contributed by atoms with E-state index in [1.807, 2.05) is 13.8 Å². The predicted molar refractivity (Wildman–Crippen MR) is 51.7 cm³/mol. The Bertz CT molecular complexity index is 175.